The highest BCUT2D eigenvalue weighted by Crippen LogP contribution is 2.28. The van der Waals surface area contributed by atoms with Gasteiger partial charge in [0.15, 0.2) is 0 Å². The summed E-state index contributed by atoms with van der Waals surface area (Å²) < 4.78 is 18.0. The molecule has 7 heteroatoms. The average Bonchev–Trinajstić information content (AvgIpc) is 2.15. The smallest absolute Gasteiger partial charge is 0.328 e. The van der Waals surface area contributed by atoms with Gasteiger partial charge in [0.25, 0.3) is 18.0 Å². The average molecular weight is 204 g/mol. The number of imide groups is 1. The monoisotopic (exact) mass is 204 g/mol. The Hall–Kier alpha value is -1.21. The number of fused-ring (bicyclic) bond motifs is 1. The molecule has 2 saturated heterocycles. The second-order valence-electron chi connectivity index (χ2n) is 3.17. The van der Waals surface area contributed by atoms with Gasteiger partial charge in [0, 0.05) is 6.54 Å². The number of nitrogens with one attached hydrogen (secondary N) is 1. The van der Waals surface area contributed by atoms with Crippen molar-refractivity contribution in [2.45, 2.75) is 18.5 Å². The van der Waals surface area contributed by atoms with E-state index in [0.717, 1.165) is 4.90 Å². The van der Waals surface area contributed by atoms with Crippen LogP contribution in [-0.2, 0) is 9.53 Å². The first kappa shape index (κ1) is 9.35. The molecule has 2 heterocycles. The molecule has 2 N–H and O–H groups in total. The minimum atomic E-state index is -2.42. The number of rotatable bonds is 0. The van der Waals surface area contributed by atoms with E-state index in [1.807, 2.05) is 0 Å². The van der Waals surface area contributed by atoms with E-state index in [2.05, 4.69) is 0 Å². The normalized spacial score (nSPS) is 37.9. The molecule has 2 atom stereocenters. The molecular formula is C7H9FN2O4. The Morgan fingerprint density at radius 2 is 2.36 bits per heavy atom. The number of ether oxygens (including phenoxy) is 1. The maximum atomic E-state index is 13.3. The SMILES string of the molecule is O=C1NC(=O)N2CCCOC2(O)[C@@H]1F. The molecule has 2 aliphatic heterocycles. The Morgan fingerprint density at radius 1 is 1.64 bits per heavy atom. The second-order valence-corrected chi connectivity index (χ2v) is 3.17. The van der Waals surface area contributed by atoms with Crippen LogP contribution in [0.25, 0.3) is 0 Å². The van der Waals surface area contributed by atoms with Crippen molar-refractivity contribution in [3.63, 3.8) is 0 Å². The molecule has 78 valence electrons. The molecule has 3 amide bonds. The van der Waals surface area contributed by atoms with Crippen LogP contribution >= 0.6 is 0 Å². The highest BCUT2D eigenvalue weighted by molar-refractivity contribution is 6.00. The molecule has 0 aromatic rings. The molecule has 2 rings (SSSR count). The van der Waals surface area contributed by atoms with E-state index in [1.54, 1.807) is 5.32 Å². The lowest BCUT2D eigenvalue weighted by atomic mass is 10.1. The molecule has 0 bridgehead atoms. The number of hydrogen-bond donors (Lipinski definition) is 2. The summed E-state index contributed by atoms with van der Waals surface area (Å²) in [6.45, 7) is 0.282. The van der Waals surface area contributed by atoms with Crippen LogP contribution in [0.1, 0.15) is 6.42 Å². The summed E-state index contributed by atoms with van der Waals surface area (Å²) in [4.78, 5) is 22.8. The van der Waals surface area contributed by atoms with E-state index in [1.165, 1.54) is 0 Å². The van der Waals surface area contributed by atoms with E-state index >= 15 is 0 Å². The van der Waals surface area contributed by atoms with Crippen molar-refractivity contribution in [1.29, 1.82) is 0 Å². The molecular weight excluding hydrogens is 195 g/mol. The van der Waals surface area contributed by atoms with Crippen LogP contribution in [0.5, 0.6) is 0 Å². The topological polar surface area (TPSA) is 78.9 Å². The number of aliphatic hydroxyl groups is 1. The van der Waals surface area contributed by atoms with Gasteiger partial charge in [0.05, 0.1) is 6.61 Å². The van der Waals surface area contributed by atoms with Gasteiger partial charge < -0.3 is 9.84 Å². The largest absolute Gasteiger partial charge is 0.346 e. The molecule has 0 aliphatic carbocycles. The summed E-state index contributed by atoms with van der Waals surface area (Å²) in [6.07, 6.45) is -1.77. The van der Waals surface area contributed by atoms with Crippen molar-refractivity contribution in [2.75, 3.05) is 13.2 Å². The summed E-state index contributed by atoms with van der Waals surface area (Å²) in [5, 5.41) is 11.4. The molecule has 14 heavy (non-hydrogen) atoms. The van der Waals surface area contributed by atoms with Crippen molar-refractivity contribution >= 4 is 11.9 Å². The highest BCUT2D eigenvalue weighted by Gasteiger charge is 2.56. The standard InChI is InChI=1S/C7H9FN2O4/c8-4-5(11)9-6(12)10-2-1-3-14-7(4,10)13/h4,13H,1-3H2,(H,9,11,12)/t4-,7?/m1/s1. The van der Waals surface area contributed by atoms with Crippen molar-refractivity contribution < 1.29 is 23.8 Å². The minimum absolute atomic E-state index is 0.119. The van der Waals surface area contributed by atoms with Crippen molar-refractivity contribution in [3.8, 4) is 0 Å². The fourth-order valence-electron chi connectivity index (χ4n) is 1.55. The predicted molar refractivity (Wildman–Crippen MR) is 40.7 cm³/mol. The van der Waals surface area contributed by atoms with Gasteiger partial charge >= 0.3 is 6.03 Å². The second kappa shape index (κ2) is 2.89. The van der Waals surface area contributed by atoms with Gasteiger partial charge in [-0.3, -0.25) is 15.0 Å². The Morgan fingerprint density at radius 3 is 3.07 bits per heavy atom. The summed E-state index contributed by atoms with van der Waals surface area (Å²) in [7, 11) is 0. The van der Waals surface area contributed by atoms with Crippen LogP contribution in [-0.4, -0.2) is 47.2 Å². The lowest BCUT2D eigenvalue weighted by Gasteiger charge is -2.45. The van der Waals surface area contributed by atoms with Gasteiger partial charge in [-0.15, -0.1) is 0 Å². The fourth-order valence-corrected chi connectivity index (χ4v) is 1.55. The van der Waals surface area contributed by atoms with Crippen LogP contribution in [0, 0.1) is 0 Å². The molecule has 0 spiro atoms. The van der Waals surface area contributed by atoms with E-state index in [4.69, 9.17) is 4.74 Å². The summed E-state index contributed by atoms with van der Waals surface area (Å²) in [5.41, 5.74) is 0. The van der Waals surface area contributed by atoms with Gasteiger partial charge in [0.1, 0.15) is 0 Å². The van der Waals surface area contributed by atoms with E-state index in [9.17, 15) is 19.1 Å². The van der Waals surface area contributed by atoms with E-state index in [0.29, 0.717) is 6.42 Å². The summed E-state index contributed by atoms with van der Waals surface area (Å²) in [5.74, 6) is -3.59. The number of urea groups is 1. The minimum Gasteiger partial charge on any atom is -0.346 e. The van der Waals surface area contributed by atoms with Crippen molar-refractivity contribution in [2.24, 2.45) is 0 Å². The third-order valence-electron chi connectivity index (χ3n) is 2.26. The zero-order chi connectivity index (χ0) is 10.3. The Bertz CT molecular complexity index is 297. The first-order valence-electron chi connectivity index (χ1n) is 4.18. The van der Waals surface area contributed by atoms with Gasteiger partial charge in [-0.2, -0.15) is 0 Å². The number of alkyl halides is 1. The number of carbonyl (C=O) groups excluding carboxylic acids is 2. The highest BCUT2D eigenvalue weighted by atomic mass is 19.1. The van der Waals surface area contributed by atoms with Gasteiger partial charge in [0.2, 0.25) is 0 Å². The maximum absolute atomic E-state index is 13.3. The quantitative estimate of drug-likeness (QED) is 0.527. The van der Waals surface area contributed by atoms with Crippen LogP contribution in [0.15, 0.2) is 0 Å². The van der Waals surface area contributed by atoms with E-state index < -0.39 is 24.0 Å². The van der Waals surface area contributed by atoms with Crippen molar-refractivity contribution in [1.82, 2.24) is 10.2 Å². The zero-order valence-corrected chi connectivity index (χ0v) is 7.20. The Kier molecular flexibility index (Phi) is 1.93. The number of hydrogen-bond acceptors (Lipinski definition) is 4. The first-order chi connectivity index (χ1) is 6.55. The number of amides is 3. The van der Waals surface area contributed by atoms with Crippen LogP contribution in [0.3, 0.4) is 0 Å². The molecule has 2 aliphatic rings. The maximum Gasteiger partial charge on any atom is 0.328 e. The number of halogens is 1. The van der Waals surface area contributed by atoms with Crippen molar-refractivity contribution in [3.05, 3.63) is 0 Å². The lowest BCUT2D eigenvalue weighted by Crippen LogP contribution is -2.72. The van der Waals surface area contributed by atoms with Crippen LogP contribution in [0.2, 0.25) is 0 Å². The Balaban J connectivity index is 2.33. The lowest BCUT2D eigenvalue weighted by molar-refractivity contribution is -0.321. The predicted octanol–water partition coefficient (Wildman–Crippen LogP) is -1.06. The molecule has 6 nitrogen and oxygen atoms in total. The fraction of sp³-hybridized carbons (Fsp3) is 0.714. The molecule has 2 fully saturated rings. The van der Waals surface area contributed by atoms with Crippen LogP contribution in [0.4, 0.5) is 9.18 Å². The first-order valence-corrected chi connectivity index (χ1v) is 4.18. The molecule has 0 aromatic heterocycles. The van der Waals surface area contributed by atoms with Gasteiger partial charge in [-0.05, 0) is 6.42 Å². The summed E-state index contributed by atoms with van der Waals surface area (Å²) in [6, 6.07) is -0.828. The van der Waals surface area contributed by atoms with Crippen LogP contribution < -0.4 is 5.32 Å². The van der Waals surface area contributed by atoms with E-state index in [-0.39, 0.29) is 13.2 Å². The van der Waals surface area contributed by atoms with Gasteiger partial charge in [-0.25, -0.2) is 9.18 Å². The number of carbonyl (C=O) groups is 2. The molecule has 0 saturated carbocycles. The number of nitrogens with zero attached hydrogens (tertiary/aromatic N) is 1. The third-order valence-corrected chi connectivity index (χ3v) is 2.26. The molecule has 0 radical (unpaired) electrons. The molecule has 0 aromatic carbocycles. The third kappa shape index (κ3) is 1.09. The summed E-state index contributed by atoms with van der Waals surface area (Å²) >= 11 is 0. The van der Waals surface area contributed by atoms with Gasteiger partial charge in [-0.1, -0.05) is 0 Å². The molecule has 1 unspecified atom stereocenters. The zero-order valence-electron chi connectivity index (χ0n) is 7.20. The Labute approximate surface area is 78.6 Å².